The van der Waals surface area contributed by atoms with Crippen LogP contribution in [0, 0.1) is 0 Å². The van der Waals surface area contributed by atoms with Crippen LogP contribution in [0.5, 0.6) is 5.75 Å². The third-order valence-electron chi connectivity index (χ3n) is 4.90. The highest BCUT2D eigenvalue weighted by Gasteiger charge is 2.16. The summed E-state index contributed by atoms with van der Waals surface area (Å²) in [5.74, 6) is 2.04. The molecular formula is C23H17ClN4O3S2. The lowest BCUT2D eigenvalue weighted by molar-refractivity contribution is 0.391. The maximum absolute atomic E-state index is 13.2. The molecule has 10 heteroatoms. The molecule has 0 atom stereocenters. The number of nitrogens with zero attached hydrogens (tertiary/aromatic N) is 4. The molecule has 0 saturated carbocycles. The van der Waals surface area contributed by atoms with Gasteiger partial charge < -0.3 is 9.26 Å². The van der Waals surface area contributed by atoms with Crippen molar-refractivity contribution in [3.05, 3.63) is 86.8 Å². The Morgan fingerprint density at radius 1 is 1.15 bits per heavy atom. The van der Waals surface area contributed by atoms with Crippen LogP contribution < -0.4 is 10.3 Å². The third kappa shape index (κ3) is 4.66. The van der Waals surface area contributed by atoms with E-state index in [4.69, 9.17) is 25.8 Å². The van der Waals surface area contributed by atoms with Crippen molar-refractivity contribution in [2.24, 2.45) is 0 Å². The summed E-state index contributed by atoms with van der Waals surface area (Å²) in [6.45, 7) is 0.374. The van der Waals surface area contributed by atoms with E-state index in [0.29, 0.717) is 44.4 Å². The Bertz CT molecular complexity index is 1480. The Morgan fingerprint density at radius 2 is 2.00 bits per heavy atom. The normalized spacial score (nSPS) is 11.2. The monoisotopic (exact) mass is 496 g/mol. The minimum atomic E-state index is -0.0762. The number of fused-ring (bicyclic) bond motifs is 1. The number of methoxy groups -OCH3 is 1. The molecule has 5 rings (SSSR count). The van der Waals surface area contributed by atoms with Gasteiger partial charge in [-0.1, -0.05) is 40.7 Å². The van der Waals surface area contributed by atoms with Gasteiger partial charge in [-0.25, -0.2) is 4.98 Å². The van der Waals surface area contributed by atoms with Crippen LogP contribution >= 0.6 is 34.7 Å². The second kappa shape index (κ2) is 9.38. The van der Waals surface area contributed by atoms with Gasteiger partial charge in [0, 0.05) is 10.6 Å². The molecule has 0 radical (unpaired) electrons. The van der Waals surface area contributed by atoms with E-state index in [2.05, 4.69) is 10.1 Å². The molecule has 0 fully saturated rings. The van der Waals surface area contributed by atoms with E-state index < -0.39 is 0 Å². The number of rotatable bonds is 7. The molecule has 5 aromatic rings. The Morgan fingerprint density at radius 3 is 2.82 bits per heavy atom. The van der Waals surface area contributed by atoms with E-state index in [1.54, 1.807) is 23.8 Å². The van der Waals surface area contributed by atoms with E-state index >= 15 is 0 Å². The molecule has 0 aliphatic carbocycles. The number of hydrogen-bond acceptors (Lipinski definition) is 8. The maximum atomic E-state index is 13.2. The number of ether oxygens (including phenoxy) is 1. The third-order valence-corrected chi connectivity index (χ3v) is 7.01. The van der Waals surface area contributed by atoms with Crippen molar-refractivity contribution >= 4 is 44.9 Å². The standard InChI is InChI=1S/C23H17ClN4O3S2/c1-30-17-4-2-3-14(11-17)12-28-22(29)20-18(9-10-32-20)25-23(28)33-13-19-26-21(27-31-19)15-5-7-16(24)8-6-15/h2-11H,12-13H2,1H3. The van der Waals surface area contributed by atoms with Gasteiger partial charge in [0.15, 0.2) is 5.16 Å². The number of halogens is 1. The predicted molar refractivity (Wildman–Crippen MR) is 130 cm³/mol. The van der Waals surface area contributed by atoms with Crippen LogP contribution in [0.4, 0.5) is 0 Å². The molecule has 3 aromatic heterocycles. The minimum Gasteiger partial charge on any atom is -0.497 e. The average Bonchev–Trinajstić information content (AvgIpc) is 3.50. The molecule has 0 aliphatic rings. The molecule has 0 saturated heterocycles. The lowest BCUT2D eigenvalue weighted by Gasteiger charge is -2.12. The summed E-state index contributed by atoms with van der Waals surface area (Å²) in [5.41, 5.74) is 2.36. The van der Waals surface area contributed by atoms with Crippen molar-refractivity contribution in [3.63, 3.8) is 0 Å². The van der Waals surface area contributed by atoms with Gasteiger partial charge in [-0.05, 0) is 53.4 Å². The molecule has 2 aromatic carbocycles. The molecule has 0 bridgehead atoms. The SMILES string of the molecule is COc1cccc(Cn2c(SCc3nc(-c4ccc(Cl)cc4)no3)nc3ccsc3c2=O)c1. The first-order valence-electron chi connectivity index (χ1n) is 9.93. The summed E-state index contributed by atoms with van der Waals surface area (Å²) < 4.78 is 13.0. The Kier molecular flexibility index (Phi) is 6.17. The summed E-state index contributed by atoms with van der Waals surface area (Å²) in [4.78, 5) is 22.4. The highest BCUT2D eigenvalue weighted by Crippen LogP contribution is 2.26. The Balaban J connectivity index is 1.43. The average molecular weight is 497 g/mol. The van der Waals surface area contributed by atoms with Gasteiger partial charge >= 0.3 is 0 Å². The van der Waals surface area contributed by atoms with Crippen molar-refractivity contribution in [1.29, 1.82) is 0 Å². The minimum absolute atomic E-state index is 0.0762. The number of thioether (sulfide) groups is 1. The van der Waals surface area contributed by atoms with E-state index in [1.807, 2.05) is 47.8 Å². The van der Waals surface area contributed by atoms with Crippen LogP contribution in [-0.2, 0) is 12.3 Å². The zero-order valence-corrected chi connectivity index (χ0v) is 19.8. The van der Waals surface area contributed by atoms with Crippen LogP contribution in [0.1, 0.15) is 11.5 Å². The first-order chi connectivity index (χ1) is 16.1. The quantitative estimate of drug-likeness (QED) is 0.217. The molecule has 0 amide bonds. The molecule has 3 heterocycles. The van der Waals surface area contributed by atoms with Crippen LogP contribution in [-0.4, -0.2) is 26.8 Å². The summed E-state index contributed by atoms with van der Waals surface area (Å²) in [5, 5.41) is 7.15. The lowest BCUT2D eigenvalue weighted by atomic mass is 10.2. The molecule has 0 N–H and O–H groups in total. The fourth-order valence-electron chi connectivity index (χ4n) is 3.28. The van der Waals surface area contributed by atoms with E-state index in [1.165, 1.54) is 23.1 Å². The largest absolute Gasteiger partial charge is 0.497 e. The van der Waals surface area contributed by atoms with Crippen molar-refractivity contribution < 1.29 is 9.26 Å². The highest BCUT2D eigenvalue weighted by atomic mass is 35.5. The fraction of sp³-hybridized carbons (Fsp3) is 0.130. The van der Waals surface area contributed by atoms with Gasteiger partial charge in [0.25, 0.3) is 5.56 Å². The maximum Gasteiger partial charge on any atom is 0.272 e. The smallest absolute Gasteiger partial charge is 0.272 e. The van der Waals surface area contributed by atoms with Gasteiger partial charge in [-0.2, -0.15) is 4.98 Å². The fourth-order valence-corrected chi connectivity index (χ4v) is 5.02. The molecular weight excluding hydrogens is 480 g/mol. The zero-order valence-electron chi connectivity index (χ0n) is 17.4. The van der Waals surface area contributed by atoms with Crippen LogP contribution in [0.25, 0.3) is 21.6 Å². The molecule has 0 unspecified atom stereocenters. The Hall–Kier alpha value is -3.14. The van der Waals surface area contributed by atoms with Crippen LogP contribution in [0.2, 0.25) is 5.02 Å². The van der Waals surface area contributed by atoms with Crippen molar-refractivity contribution in [2.75, 3.05) is 7.11 Å². The van der Waals surface area contributed by atoms with E-state index in [0.717, 1.165) is 16.9 Å². The van der Waals surface area contributed by atoms with Gasteiger partial charge in [0.2, 0.25) is 11.7 Å². The topological polar surface area (TPSA) is 83.0 Å². The number of hydrogen-bond donors (Lipinski definition) is 0. The predicted octanol–water partition coefficient (Wildman–Crippen LogP) is 5.51. The number of aromatic nitrogens is 4. The second-order valence-electron chi connectivity index (χ2n) is 7.08. The summed E-state index contributed by atoms with van der Waals surface area (Å²) in [6.07, 6.45) is 0. The van der Waals surface area contributed by atoms with Gasteiger partial charge in [0.05, 0.1) is 24.9 Å². The number of benzene rings is 2. The Labute approximate surface area is 202 Å². The first kappa shape index (κ1) is 21.7. The van der Waals surface area contributed by atoms with Gasteiger partial charge in [0.1, 0.15) is 10.4 Å². The molecule has 33 heavy (non-hydrogen) atoms. The van der Waals surface area contributed by atoms with Gasteiger partial charge in [-0.15, -0.1) is 11.3 Å². The van der Waals surface area contributed by atoms with Crippen molar-refractivity contribution in [2.45, 2.75) is 17.5 Å². The molecule has 0 aliphatic heterocycles. The van der Waals surface area contributed by atoms with E-state index in [9.17, 15) is 4.79 Å². The lowest BCUT2D eigenvalue weighted by Crippen LogP contribution is -2.23. The zero-order chi connectivity index (χ0) is 22.8. The highest BCUT2D eigenvalue weighted by molar-refractivity contribution is 7.98. The van der Waals surface area contributed by atoms with Gasteiger partial charge in [-0.3, -0.25) is 9.36 Å². The summed E-state index contributed by atoms with van der Waals surface area (Å²) in [7, 11) is 1.62. The van der Waals surface area contributed by atoms with Crippen molar-refractivity contribution in [3.8, 4) is 17.1 Å². The van der Waals surface area contributed by atoms with Crippen molar-refractivity contribution in [1.82, 2.24) is 19.7 Å². The number of thiophene rings is 1. The van der Waals surface area contributed by atoms with Crippen LogP contribution in [0.15, 0.2) is 74.5 Å². The summed E-state index contributed by atoms with van der Waals surface area (Å²) in [6, 6.07) is 16.7. The first-order valence-corrected chi connectivity index (χ1v) is 12.2. The molecule has 7 nitrogen and oxygen atoms in total. The van der Waals surface area contributed by atoms with Crippen LogP contribution in [0.3, 0.4) is 0 Å². The molecule has 166 valence electrons. The van der Waals surface area contributed by atoms with E-state index in [-0.39, 0.29) is 5.56 Å². The second-order valence-corrected chi connectivity index (χ2v) is 9.37. The summed E-state index contributed by atoms with van der Waals surface area (Å²) >= 11 is 8.72. The molecule has 0 spiro atoms.